The summed E-state index contributed by atoms with van der Waals surface area (Å²) in [5.74, 6) is -1.40. The van der Waals surface area contributed by atoms with Gasteiger partial charge < -0.3 is 10.1 Å². The number of rotatable bonds is 7. The fraction of sp³-hybridized carbons (Fsp3) is 0.316. The number of aromatic nitrogens is 2. The number of carbonyl (C=O) groups is 3. The van der Waals surface area contributed by atoms with E-state index in [1.54, 1.807) is 24.3 Å². The molecular formula is C19H21N3O5. The van der Waals surface area contributed by atoms with Crippen LogP contribution in [0.25, 0.3) is 0 Å². The van der Waals surface area contributed by atoms with Gasteiger partial charge in [-0.05, 0) is 50.6 Å². The van der Waals surface area contributed by atoms with Crippen molar-refractivity contribution >= 4 is 23.3 Å². The van der Waals surface area contributed by atoms with Crippen molar-refractivity contribution in [2.24, 2.45) is 0 Å². The van der Waals surface area contributed by atoms with E-state index < -0.39 is 18.0 Å². The van der Waals surface area contributed by atoms with Crippen LogP contribution in [0.5, 0.6) is 0 Å². The number of esters is 1. The maximum Gasteiger partial charge on any atom is 0.359 e. The van der Waals surface area contributed by atoms with Crippen LogP contribution >= 0.6 is 0 Å². The summed E-state index contributed by atoms with van der Waals surface area (Å²) in [6.07, 6.45) is -0.384. The molecule has 1 heterocycles. The monoisotopic (exact) mass is 371 g/mol. The molecule has 0 saturated heterocycles. The molecule has 0 radical (unpaired) electrons. The van der Waals surface area contributed by atoms with Gasteiger partial charge in [0, 0.05) is 23.9 Å². The van der Waals surface area contributed by atoms with Gasteiger partial charge in [-0.1, -0.05) is 6.92 Å². The van der Waals surface area contributed by atoms with E-state index >= 15 is 0 Å². The maximum atomic E-state index is 12.2. The second kappa shape index (κ2) is 8.88. The number of nitrogens with zero attached hydrogens (tertiary/aromatic N) is 2. The van der Waals surface area contributed by atoms with Crippen LogP contribution in [0.3, 0.4) is 0 Å². The molecule has 27 heavy (non-hydrogen) atoms. The van der Waals surface area contributed by atoms with Crippen LogP contribution in [0.4, 0.5) is 5.69 Å². The van der Waals surface area contributed by atoms with Gasteiger partial charge in [-0.25, -0.2) is 9.48 Å². The molecule has 1 N–H and O–H groups in total. The molecule has 8 nitrogen and oxygen atoms in total. The zero-order chi connectivity index (χ0) is 20.0. The van der Waals surface area contributed by atoms with Gasteiger partial charge in [0.1, 0.15) is 0 Å². The highest BCUT2D eigenvalue weighted by Gasteiger charge is 2.20. The summed E-state index contributed by atoms with van der Waals surface area (Å²) in [5.41, 5.74) is 0.644. The third-order valence-electron chi connectivity index (χ3n) is 3.72. The number of amides is 1. The van der Waals surface area contributed by atoms with Gasteiger partial charge in [0.2, 0.25) is 0 Å². The first-order valence-corrected chi connectivity index (χ1v) is 8.52. The van der Waals surface area contributed by atoms with Crippen molar-refractivity contribution in [1.82, 2.24) is 9.78 Å². The van der Waals surface area contributed by atoms with Crippen molar-refractivity contribution in [2.45, 2.75) is 39.8 Å². The Balaban J connectivity index is 2.01. The molecule has 0 spiro atoms. The van der Waals surface area contributed by atoms with Crippen molar-refractivity contribution in [3.05, 3.63) is 58.0 Å². The van der Waals surface area contributed by atoms with E-state index in [0.717, 1.165) is 0 Å². The van der Waals surface area contributed by atoms with Crippen LogP contribution in [-0.2, 0) is 16.1 Å². The fourth-order valence-corrected chi connectivity index (χ4v) is 2.24. The van der Waals surface area contributed by atoms with E-state index in [2.05, 4.69) is 10.4 Å². The molecule has 142 valence electrons. The van der Waals surface area contributed by atoms with Gasteiger partial charge in [0.15, 0.2) is 17.6 Å². The third-order valence-corrected chi connectivity index (χ3v) is 3.72. The van der Waals surface area contributed by atoms with Crippen LogP contribution in [0, 0.1) is 0 Å². The number of carbonyl (C=O) groups excluding carboxylic acids is 3. The van der Waals surface area contributed by atoms with E-state index in [4.69, 9.17) is 4.74 Å². The second-order valence-electron chi connectivity index (χ2n) is 5.95. The number of Topliss-reactive ketones (excluding diaryl/α,β-unsaturated/α-hetero) is 1. The first kappa shape index (κ1) is 20.0. The molecule has 0 aliphatic rings. The molecule has 0 saturated carbocycles. The van der Waals surface area contributed by atoms with Gasteiger partial charge >= 0.3 is 5.97 Å². The van der Waals surface area contributed by atoms with E-state index in [1.165, 1.54) is 30.7 Å². The Morgan fingerprint density at radius 3 is 2.41 bits per heavy atom. The molecule has 1 aromatic carbocycles. The topological polar surface area (TPSA) is 107 Å². The van der Waals surface area contributed by atoms with Crippen LogP contribution in [-0.4, -0.2) is 33.5 Å². The molecular weight excluding hydrogens is 350 g/mol. The Kier molecular flexibility index (Phi) is 6.59. The van der Waals surface area contributed by atoms with Crippen LogP contribution < -0.4 is 10.9 Å². The minimum absolute atomic E-state index is 0.0477. The lowest BCUT2D eigenvalue weighted by Gasteiger charge is -2.14. The molecule has 1 unspecified atom stereocenters. The summed E-state index contributed by atoms with van der Waals surface area (Å²) in [7, 11) is 0. The van der Waals surface area contributed by atoms with Crippen LogP contribution in [0.2, 0.25) is 0 Å². The lowest BCUT2D eigenvalue weighted by molar-refractivity contribution is -0.123. The van der Waals surface area contributed by atoms with E-state index in [9.17, 15) is 19.2 Å². The average Bonchev–Trinajstić information content (AvgIpc) is 2.64. The van der Waals surface area contributed by atoms with Gasteiger partial charge in [0.05, 0.1) is 0 Å². The summed E-state index contributed by atoms with van der Waals surface area (Å²) in [6.45, 7) is 5.15. The van der Waals surface area contributed by atoms with Gasteiger partial charge in [-0.3, -0.25) is 14.4 Å². The van der Waals surface area contributed by atoms with Crippen molar-refractivity contribution in [3.8, 4) is 0 Å². The van der Waals surface area contributed by atoms with Gasteiger partial charge in [0.25, 0.3) is 11.5 Å². The highest BCUT2D eigenvalue weighted by molar-refractivity contribution is 5.98. The smallest absolute Gasteiger partial charge is 0.359 e. The SMILES string of the molecule is CCCn1nc(C(=O)OC(C)C(=O)Nc2ccc(C(C)=O)cc2)ccc1=O. The first-order chi connectivity index (χ1) is 12.8. The highest BCUT2D eigenvalue weighted by atomic mass is 16.5. The molecule has 0 aliphatic heterocycles. The van der Waals surface area contributed by atoms with Crippen molar-refractivity contribution in [2.75, 3.05) is 5.32 Å². The van der Waals surface area contributed by atoms with Gasteiger partial charge in [-0.2, -0.15) is 5.10 Å². The predicted molar refractivity (Wildman–Crippen MR) is 98.7 cm³/mol. The number of benzene rings is 1. The number of aryl methyl sites for hydroxylation is 1. The summed E-state index contributed by atoms with van der Waals surface area (Å²) in [4.78, 5) is 47.3. The lowest BCUT2D eigenvalue weighted by atomic mass is 10.1. The first-order valence-electron chi connectivity index (χ1n) is 8.52. The summed E-state index contributed by atoms with van der Waals surface area (Å²) >= 11 is 0. The third kappa shape index (κ3) is 5.34. The van der Waals surface area contributed by atoms with Crippen molar-refractivity contribution in [3.63, 3.8) is 0 Å². The Labute approximate surface area is 156 Å². The number of hydrogen-bond donors (Lipinski definition) is 1. The molecule has 1 amide bonds. The zero-order valence-corrected chi connectivity index (χ0v) is 15.4. The molecule has 0 aliphatic carbocycles. The van der Waals surface area contributed by atoms with Crippen molar-refractivity contribution < 1.29 is 19.1 Å². The minimum Gasteiger partial charge on any atom is -0.448 e. The molecule has 2 rings (SSSR count). The normalized spacial score (nSPS) is 11.5. The molecule has 0 fully saturated rings. The Bertz CT molecular complexity index is 902. The quantitative estimate of drug-likeness (QED) is 0.589. The van der Waals surface area contributed by atoms with Gasteiger partial charge in [-0.15, -0.1) is 0 Å². The number of ketones is 1. The predicted octanol–water partition coefficient (Wildman–Crippen LogP) is 2.04. The average molecular weight is 371 g/mol. The minimum atomic E-state index is -1.07. The van der Waals surface area contributed by atoms with Crippen molar-refractivity contribution in [1.29, 1.82) is 0 Å². The summed E-state index contributed by atoms with van der Waals surface area (Å²) in [5, 5.41) is 6.55. The molecule has 1 atom stereocenters. The number of hydrogen-bond acceptors (Lipinski definition) is 6. The Morgan fingerprint density at radius 1 is 1.15 bits per heavy atom. The van der Waals surface area contributed by atoms with E-state index in [0.29, 0.717) is 24.2 Å². The van der Waals surface area contributed by atoms with E-state index in [1.807, 2.05) is 6.92 Å². The number of ether oxygens (including phenoxy) is 1. The molecule has 1 aromatic heterocycles. The molecule has 8 heteroatoms. The largest absolute Gasteiger partial charge is 0.448 e. The van der Waals surface area contributed by atoms with Crippen LogP contribution in [0.15, 0.2) is 41.2 Å². The maximum absolute atomic E-state index is 12.2. The molecule has 0 bridgehead atoms. The van der Waals surface area contributed by atoms with E-state index in [-0.39, 0.29) is 17.0 Å². The standard InChI is InChI=1S/C19H21N3O5/c1-4-11-22-17(24)10-9-16(21-22)19(26)27-13(3)18(25)20-15-7-5-14(6-8-15)12(2)23/h5-10,13H,4,11H2,1-3H3,(H,20,25). The fourth-order valence-electron chi connectivity index (χ4n) is 2.24. The summed E-state index contributed by atoms with van der Waals surface area (Å²) < 4.78 is 6.30. The highest BCUT2D eigenvalue weighted by Crippen LogP contribution is 2.11. The number of anilines is 1. The Hall–Kier alpha value is -3.29. The number of nitrogens with one attached hydrogen (secondary N) is 1. The molecule has 2 aromatic rings. The summed E-state index contributed by atoms with van der Waals surface area (Å²) in [6, 6.07) is 8.87. The Morgan fingerprint density at radius 2 is 1.81 bits per heavy atom. The second-order valence-corrected chi connectivity index (χ2v) is 5.95. The zero-order valence-electron chi connectivity index (χ0n) is 15.4. The lowest BCUT2D eigenvalue weighted by Crippen LogP contribution is -2.31. The van der Waals surface area contributed by atoms with Crippen LogP contribution in [0.1, 0.15) is 48.0 Å².